The second-order valence-electron chi connectivity index (χ2n) is 7.87. The number of amides is 1. The number of para-hydroxylation sites is 1. The van der Waals surface area contributed by atoms with E-state index < -0.39 is 11.5 Å². The lowest BCUT2D eigenvalue weighted by Gasteiger charge is -2.33. The van der Waals surface area contributed by atoms with Crippen LogP contribution < -0.4 is 16.2 Å². The fraction of sp³-hybridized carbons (Fsp3) is 0.261. The van der Waals surface area contributed by atoms with E-state index in [4.69, 9.17) is 15.1 Å². The number of H-pyrrole nitrogens is 1. The Balaban J connectivity index is 1.48. The maximum Gasteiger partial charge on any atom is 0.263 e. The number of anilines is 1. The molecule has 0 bridgehead atoms. The average molecular weight is 402 g/mol. The highest BCUT2D eigenvalue weighted by molar-refractivity contribution is 6.06. The van der Waals surface area contributed by atoms with Crippen LogP contribution in [0.2, 0.25) is 0 Å². The van der Waals surface area contributed by atoms with Gasteiger partial charge in [0.1, 0.15) is 11.1 Å². The topological polar surface area (TPSA) is 105 Å². The zero-order chi connectivity index (χ0) is 20.8. The van der Waals surface area contributed by atoms with Gasteiger partial charge in [0.05, 0.1) is 11.2 Å². The minimum absolute atomic E-state index is 0.0180. The lowest BCUT2D eigenvalue weighted by atomic mass is 9.95. The van der Waals surface area contributed by atoms with Crippen molar-refractivity contribution in [1.82, 2.24) is 9.97 Å². The number of oxazole rings is 1. The summed E-state index contributed by atoms with van der Waals surface area (Å²) >= 11 is 0. The first-order chi connectivity index (χ1) is 14.5. The molecule has 3 N–H and O–H groups in total. The van der Waals surface area contributed by atoms with E-state index in [9.17, 15) is 9.59 Å². The minimum Gasteiger partial charge on any atom is -0.440 e. The van der Waals surface area contributed by atoms with Gasteiger partial charge in [-0.1, -0.05) is 24.3 Å². The maximum atomic E-state index is 12.5. The van der Waals surface area contributed by atoms with Crippen molar-refractivity contribution in [3.63, 3.8) is 0 Å². The summed E-state index contributed by atoms with van der Waals surface area (Å²) in [5.41, 5.74) is 9.28. The second-order valence-corrected chi connectivity index (χ2v) is 7.87. The van der Waals surface area contributed by atoms with Crippen molar-refractivity contribution >= 4 is 33.6 Å². The first-order valence-corrected chi connectivity index (χ1v) is 10.1. The molecule has 1 aliphatic rings. The Morgan fingerprint density at radius 1 is 1.20 bits per heavy atom. The zero-order valence-corrected chi connectivity index (χ0v) is 16.6. The molecule has 0 unspecified atom stereocenters. The normalized spacial score (nSPS) is 15.2. The molecule has 1 amide bonds. The highest BCUT2D eigenvalue weighted by Gasteiger charge is 2.29. The van der Waals surface area contributed by atoms with Crippen LogP contribution in [0.1, 0.15) is 40.6 Å². The van der Waals surface area contributed by atoms with Gasteiger partial charge in [-0.05, 0) is 43.5 Å². The molecule has 1 aliphatic heterocycles. The van der Waals surface area contributed by atoms with E-state index in [2.05, 4.69) is 9.88 Å². The smallest absolute Gasteiger partial charge is 0.263 e. The van der Waals surface area contributed by atoms with E-state index in [1.807, 2.05) is 49.4 Å². The van der Waals surface area contributed by atoms with Gasteiger partial charge >= 0.3 is 0 Å². The highest BCUT2D eigenvalue weighted by atomic mass is 16.3. The summed E-state index contributed by atoms with van der Waals surface area (Å²) in [5.74, 6) is 0.230. The van der Waals surface area contributed by atoms with Crippen LogP contribution in [0.5, 0.6) is 0 Å². The Morgan fingerprint density at radius 2 is 1.97 bits per heavy atom. The molecule has 152 valence electrons. The molecule has 3 heterocycles. The Morgan fingerprint density at radius 3 is 2.73 bits per heavy atom. The summed E-state index contributed by atoms with van der Waals surface area (Å²) in [6.07, 6.45) is 1.62. The van der Waals surface area contributed by atoms with Crippen molar-refractivity contribution in [2.75, 3.05) is 18.0 Å². The number of primary amides is 1. The number of hydrogen-bond acceptors (Lipinski definition) is 5. The molecular formula is C23H22N4O3. The van der Waals surface area contributed by atoms with Crippen molar-refractivity contribution in [2.45, 2.75) is 25.7 Å². The van der Waals surface area contributed by atoms with Gasteiger partial charge < -0.3 is 20.0 Å². The summed E-state index contributed by atoms with van der Waals surface area (Å²) in [5, 5.41) is 0.821. The molecule has 0 aliphatic carbocycles. The minimum atomic E-state index is -0.714. The van der Waals surface area contributed by atoms with E-state index in [-0.39, 0.29) is 11.5 Å². The molecule has 2 aromatic heterocycles. The number of hydrogen-bond donors (Lipinski definition) is 2. The van der Waals surface area contributed by atoms with Gasteiger partial charge in [-0.2, -0.15) is 0 Å². The summed E-state index contributed by atoms with van der Waals surface area (Å²) < 4.78 is 6.00. The fourth-order valence-electron chi connectivity index (χ4n) is 4.36. The van der Waals surface area contributed by atoms with Crippen molar-refractivity contribution in [2.24, 2.45) is 5.73 Å². The molecule has 5 rings (SSSR count). The number of carbonyl (C=O) groups excluding carboxylic acids is 1. The van der Waals surface area contributed by atoms with Crippen molar-refractivity contribution in [1.29, 1.82) is 0 Å². The molecule has 2 aromatic carbocycles. The number of benzene rings is 2. The predicted molar refractivity (Wildman–Crippen MR) is 116 cm³/mol. The van der Waals surface area contributed by atoms with Crippen LogP contribution in [0.4, 0.5) is 5.69 Å². The van der Waals surface area contributed by atoms with Gasteiger partial charge in [-0.3, -0.25) is 9.59 Å². The molecule has 0 radical (unpaired) electrons. The number of nitrogens with one attached hydrogen (secondary N) is 1. The summed E-state index contributed by atoms with van der Waals surface area (Å²) in [7, 11) is 0. The van der Waals surface area contributed by atoms with E-state index in [0.29, 0.717) is 24.3 Å². The van der Waals surface area contributed by atoms with Gasteiger partial charge in [0.2, 0.25) is 0 Å². The summed E-state index contributed by atoms with van der Waals surface area (Å²) in [6, 6.07) is 13.5. The number of aryl methyl sites for hydroxylation is 1. The standard InChI is InChI=1S/C23H22N4O3/c1-13-6-7-18-17(12-13)26-23(30-18)14-8-10-27(11-9-14)20-15-4-2-3-5-16(15)25-22(29)19(20)21(24)28/h2-7,12,14H,8-11H2,1H3,(H2,24,28)(H,25,29). The van der Waals surface area contributed by atoms with Gasteiger partial charge in [-0.25, -0.2) is 4.98 Å². The number of fused-ring (bicyclic) bond motifs is 2. The number of nitrogens with zero attached hydrogens (tertiary/aromatic N) is 2. The molecule has 0 saturated carbocycles. The Labute approximate surface area is 172 Å². The van der Waals surface area contributed by atoms with Crippen LogP contribution in [0.25, 0.3) is 22.0 Å². The molecule has 7 nitrogen and oxygen atoms in total. The Bertz CT molecular complexity index is 1330. The monoisotopic (exact) mass is 402 g/mol. The number of pyridine rings is 1. The molecule has 7 heteroatoms. The number of nitrogens with two attached hydrogens (primary N) is 1. The van der Waals surface area contributed by atoms with Crippen molar-refractivity contribution < 1.29 is 9.21 Å². The van der Waals surface area contributed by atoms with Crippen LogP contribution in [0, 0.1) is 6.92 Å². The average Bonchev–Trinajstić information content (AvgIpc) is 3.16. The number of rotatable bonds is 3. The lowest BCUT2D eigenvalue weighted by molar-refractivity contribution is 0.0999. The number of carbonyl (C=O) groups is 1. The molecule has 4 aromatic rings. The van der Waals surface area contributed by atoms with Gasteiger partial charge in [0, 0.05) is 24.4 Å². The van der Waals surface area contributed by atoms with Crippen molar-refractivity contribution in [3.8, 4) is 0 Å². The van der Waals surface area contributed by atoms with Gasteiger partial charge in [-0.15, -0.1) is 0 Å². The van der Waals surface area contributed by atoms with Gasteiger partial charge in [0.25, 0.3) is 11.5 Å². The third-order valence-corrected chi connectivity index (χ3v) is 5.86. The first-order valence-electron chi connectivity index (χ1n) is 10.1. The van der Waals surface area contributed by atoms with Crippen LogP contribution in [-0.2, 0) is 0 Å². The first kappa shape index (κ1) is 18.4. The quantitative estimate of drug-likeness (QED) is 0.546. The van der Waals surface area contributed by atoms with E-state index in [0.717, 1.165) is 40.8 Å². The fourth-order valence-corrected chi connectivity index (χ4v) is 4.36. The molecule has 0 atom stereocenters. The molecular weight excluding hydrogens is 380 g/mol. The number of aromatic nitrogens is 2. The van der Waals surface area contributed by atoms with E-state index in [1.54, 1.807) is 0 Å². The molecule has 30 heavy (non-hydrogen) atoms. The summed E-state index contributed by atoms with van der Waals surface area (Å²) in [6.45, 7) is 3.39. The van der Waals surface area contributed by atoms with Crippen LogP contribution in [0.15, 0.2) is 51.7 Å². The Hall–Kier alpha value is -3.61. The van der Waals surface area contributed by atoms with Crippen LogP contribution in [-0.4, -0.2) is 29.0 Å². The third kappa shape index (κ3) is 3.03. The predicted octanol–water partition coefficient (Wildman–Crippen LogP) is 3.46. The highest BCUT2D eigenvalue weighted by Crippen LogP contribution is 2.35. The molecule has 1 saturated heterocycles. The van der Waals surface area contributed by atoms with E-state index in [1.165, 1.54) is 0 Å². The third-order valence-electron chi connectivity index (χ3n) is 5.86. The maximum absolute atomic E-state index is 12.5. The molecule has 0 spiro atoms. The summed E-state index contributed by atoms with van der Waals surface area (Å²) in [4.78, 5) is 34.2. The lowest BCUT2D eigenvalue weighted by Crippen LogP contribution is -2.37. The number of aromatic amines is 1. The zero-order valence-electron chi connectivity index (χ0n) is 16.6. The van der Waals surface area contributed by atoms with E-state index >= 15 is 0 Å². The van der Waals surface area contributed by atoms with Crippen LogP contribution >= 0.6 is 0 Å². The van der Waals surface area contributed by atoms with Gasteiger partial charge in [0.15, 0.2) is 11.5 Å². The largest absolute Gasteiger partial charge is 0.440 e. The second kappa shape index (κ2) is 7.02. The molecule has 1 fully saturated rings. The van der Waals surface area contributed by atoms with Crippen LogP contribution in [0.3, 0.4) is 0 Å². The van der Waals surface area contributed by atoms with Crippen molar-refractivity contribution in [3.05, 3.63) is 69.8 Å². The Kier molecular flexibility index (Phi) is 4.31. The SMILES string of the molecule is Cc1ccc2oc(C3CCN(c4c(C(N)=O)c(=O)[nH]c5ccccc45)CC3)nc2c1. The number of piperidine rings is 1.